The van der Waals surface area contributed by atoms with Gasteiger partial charge in [-0.3, -0.25) is 14.5 Å². The summed E-state index contributed by atoms with van der Waals surface area (Å²) in [5.74, 6) is 0.369. The van der Waals surface area contributed by atoms with Crippen molar-refractivity contribution in [1.82, 2.24) is 30.3 Å². The highest BCUT2D eigenvalue weighted by atomic mass is 16.2. The van der Waals surface area contributed by atoms with Gasteiger partial charge in [-0.1, -0.05) is 0 Å². The van der Waals surface area contributed by atoms with Crippen LogP contribution in [0.2, 0.25) is 0 Å². The number of carbonyl (C=O) groups excluding carboxylic acids is 1. The van der Waals surface area contributed by atoms with Crippen LogP contribution in [-0.4, -0.2) is 37.4 Å². The third-order valence-electron chi connectivity index (χ3n) is 3.51. The van der Waals surface area contributed by atoms with Crippen molar-refractivity contribution in [2.75, 3.05) is 6.54 Å². The molecule has 0 spiro atoms. The molecule has 8 nitrogen and oxygen atoms in total. The Morgan fingerprint density at radius 1 is 1.50 bits per heavy atom. The number of nitrogens with zero attached hydrogens (tertiary/aromatic N) is 3. The van der Waals surface area contributed by atoms with Gasteiger partial charge in [-0.05, 0) is 19.3 Å². The van der Waals surface area contributed by atoms with Crippen LogP contribution in [-0.2, 0) is 6.42 Å². The van der Waals surface area contributed by atoms with E-state index in [-0.39, 0.29) is 11.6 Å². The Balaban J connectivity index is 1.51. The van der Waals surface area contributed by atoms with E-state index in [0.717, 1.165) is 12.8 Å². The van der Waals surface area contributed by atoms with Crippen molar-refractivity contribution in [3.05, 3.63) is 34.3 Å². The molecule has 3 N–H and O–H groups in total. The van der Waals surface area contributed by atoms with Crippen molar-refractivity contribution in [1.29, 1.82) is 0 Å². The summed E-state index contributed by atoms with van der Waals surface area (Å²) < 4.78 is 1.86. The predicted molar refractivity (Wildman–Crippen MR) is 70.4 cm³/mol. The van der Waals surface area contributed by atoms with Crippen LogP contribution in [0.15, 0.2) is 17.2 Å². The molecule has 2 heterocycles. The minimum absolute atomic E-state index is 0.159. The zero-order chi connectivity index (χ0) is 13.9. The van der Waals surface area contributed by atoms with Gasteiger partial charge in [-0.15, -0.1) is 0 Å². The summed E-state index contributed by atoms with van der Waals surface area (Å²) in [6.45, 7) is 0.411. The minimum atomic E-state index is -0.340. The van der Waals surface area contributed by atoms with Crippen LogP contribution in [0, 0.1) is 0 Å². The van der Waals surface area contributed by atoms with E-state index in [1.807, 2.05) is 4.68 Å². The maximum Gasteiger partial charge on any atom is 0.340 e. The van der Waals surface area contributed by atoms with Gasteiger partial charge in [0.25, 0.3) is 5.91 Å². The molecule has 20 heavy (non-hydrogen) atoms. The lowest BCUT2D eigenvalue weighted by molar-refractivity contribution is 0.0953. The van der Waals surface area contributed by atoms with Crippen LogP contribution >= 0.6 is 0 Å². The maximum absolute atomic E-state index is 11.9. The summed E-state index contributed by atoms with van der Waals surface area (Å²) in [5, 5.41) is 13.0. The number of H-pyrrole nitrogens is 2. The van der Waals surface area contributed by atoms with Crippen LogP contribution in [0.3, 0.4) is 0 Å². The number of hydrogen-bond acceptors (Lipinski definition) is 4. The summed E-state index contributed by atoms with van der Waals surface area (Å²) >= 11 is 0. The number of nitrogens with one attached hydrogen (secondary N) is 3. The van der Waals surface area contributed by atoms with Gasteiger partial charge in [0.05, 0.1) is 17.8 Å². The number of amides is 1. The number of carbonyl (C=O) groups is 1. The van der Waals surface area contributed by atoms with Crippen molar-refractivity contribution < 1.29 is 4.79 Å². The highest BCUT2D eigenvalue weighted by Gasteiger charge is 2.21. The van der Waals surface area contributed by atoms with Crippen LogP contribution < -0.4 is 11.0 Å². The van der Waals surface area contributed by atoms with Gasteiger partial charge in [0, 0.05) is 19.2 Å². The predicted octanol–water partition coefficient (Wildman–Crippen LogP) is -0.00800. The molecular weight excluding hydrogens is 260 g/mol. The lowest BCUT2D eigenvalue weighted by atomic mass is 9.93. The van der Waals surface area contributed by atoms with Crippen molar-refractivity contribution in [2.45, 2.75) is 31.7 Å². The van der Waals surface area contributed by atoms with Crippen molar-refractivity contribution >= 4 is 5.91 Å². The molecule has 2 aromatic heterocycles. The molecule has 0 bridgehead atoms. The van der Waals surface area contributed by atoms with Crippen LogP contribution in [0.1, 0.15) is 41.5 Å². The summed E-state index contributed by atoms with van der Waals surface area (Å²) in [5.41, 5.74) is 0.223. The maximum atomic E-state index is 11.9. The van der Waals surface area contributed by atoms with Crippen molar-refractivity contribution in [3.8, 4) is 0 Å². The first-order valence-electron chi connectivity index (χ1n) is 6.68. The van der Waals surface area contributed by atoms with Crippen LogP contribution in [0.4, 0.5) is 0 Å². The quantitative estimate of drug-likeness (QED) is 0.713. The lowest BCUT2D eigenvalue weighted by Crippen LogP contribution is -2.26. The number of aromatic amines is 2. The van der Waals surface area contributed by atoms with E-state index in [1.54, 1.807) is 12.4 Å². The smallest absolute Gasteiger partial charge is 0.340 e. The van der Waals surface area contributed by atoms with Gasteiger partial charge >= 0.3 is 5.69 Å². The largest absolute Gasteiger partial charge is 0.351 e. The summed E-state index contributed by atoms with van der Waals surface area (Å²) in [6, 6.07) is 0.450. The fourth-order valence-electron chi connectivity index (χ4n) is 2.13. The van der Waals surface area contributed by atoms with Gasteiger partial charge in [0.2, 0.25) is 0 Å². The minimum Gasteiger partial charge on any atom is -0.351 e. The van der Waals surface area contributed by atoms with E-state index >= 15 is 0 Å². The first kappa shape index (κ1) is 12.6. The molecule has 0 aromatic carbocycles. The van der Waals surface area contributed by atoms with Crippen molar-refractivity contribution in [3.63, 3.8) is 0 Å². The molecule has 1 amide bonds. The standard InChI is InChI=1S/C12H16N6O2/c19-11(13-5-4-10-15-12(20)17-16-10)8-6-14-18(7-8)9-2-1-3-9/h6-7,9H,1-5H2,(H,13,19)(H2,15,16,17,20). The van der Waals surface area contributed by atoms with E-state index < -0.39 is 0 Å². The molecule has 1 fully saturated rings. The zero-order valence-corrected chi connectivity index (χ0v) is 10.9. The Labute approximate surface area is 114 Å². The second kappa shape index (κ2) is 5.32. The summed E-state index contributed by atoms with van der Waals surface area (Å²) in [4.78, 5) is 25.3. The Kier molecular flexibility index (Phi) is 3.36. The molecular formula is C12H16N6O2. The molecule has 8 heteroatoms. The average Bonchev–Trinajstić information content (AvgIpc) is 2.97. The van der Waals surface area contributed by atoms with Crippen LogP contribution in [0.5, 0.6) is 0 Å². The first-order chi connectivity index (χ1) is 9.72. The van der Waals surface area contributed by atoms with Gasteiger partial charge in [0.15, 0.2) is 0 Å². The highest BCUT2D eigenvalue weighted by Crippen LogP contribution is 2.30. The van der Waals surface area contributed by atoms with E-state index in [4.69, 9.17) is 0 Å². The molecule has 0 atom stereocenters. The van der Waals surface area contributed by atoms with E-state index in [2.05, 4.69) is 25.6 Å². The fourth-order valence-corrected chi connectivity index (χ4v) is 2.13. The lowest BCUT2D eigenvalue weighted by Gasteiger charge is -2.25. The molecule has 0 aliphatic heterocycles. The van der Waals surface area contributed by atoms with Crippen molar-refractivity contribution in [2.24, 2.45) is 0 Å². The monoisotopic (exact) mass is 276 g/mol. The van der Waals surface area contributed by atoms with Gasteiger partial charge in [0.1, 0.15) is 5.82 Å². The fraction of sp³-hybridized carbons (Fsp3) is 0.500. The Morgan fingerprint density at radius 3 is 3.00 bits per heavy atom. The topological polar surface area (TPSA) is 108 Å². The third kappa shape index (κ3) is 2.63. The zero-order valence-electron chi connectivity index (χ0n) is 10.9. The Morgan fingerprint density at radius 2 is 2.35 bits per heavy atom. The van der Waals surface area contributed by atoms with Crippen LogP contribution in [0.25, 0.3) is 0 Å². The van der Waals surface area contributed by atoms with E-state index in [1.165, 1.54) is 6.42 Å². The van der Waals surface area contributed by atoms with Gasteiger partial charge < -0.3 is 5.32 Å². The third-order valence-corrected chi connectivity index (χ3v) is 3.51. The van der Waals surface area contributed by atoms with E-state index in [9.17, 15) is 9.59 Å². The molecule has 106 valence electrons. The second-order valence-corrected chi connectivity index (χ2v) is 4.92. The average molecular weight is 276 g/mol. The number of hydrogen-bond donors (Lipinski definition) is 3. The first-order valence-corrected chi connectivity index (χ1v) is 6.68. The molecule has 1 aliphatic carbocycles. The number of aromatic nitrogens is 5. The molecule has 0 unspecified atom stereocenters. The SMILES string of the molecule is O=C(NCCc1n[nH]c(=O)[nH]1)c1cnn(C2CCC2)c1. The second-order valence-electron chi connectivity index (χ2n) is 4.92. The normalized spacial score (nSPS) is 15.0. The molecule has 2 aromatic rings. The summed E-state index contributed by atoms with van der Waals surface area (Å²) in [7, 11) is 0. The Bertz CT molecular complexity index is 651. The molecule has 3 rings (SSSR count). The molecule has 0 radical (unpaired) electrons. The highest BCUT2D eigenvalue weighted by molar-refractivity contribution is 5.93. The summed E-state index contributed by atoms with van der Waals surface area (Å²) in [6.07, 6.45) is 7.35. The molecule has 1 aliphatic rings. The molecule has 1 saturated carbocycles. The van der Waals surface area contributed by atoms with Gasteiger partial charge in [-0.2, -0.15) is 10.2 Å². The Hall–Kier alpha value is -2.38. The number of rotatable bonds is 5. The van der Waals surface area contributed by atoms with E-state index in [0.29, 0.717) is 30.4 Å². The molecule has 0 saturated heterocycles. The van der Waals surface area contributed by atoms with Gasteiger partial charge in [-0.25, -0.2) is 9.89 Å².